The van der Waals surface area contributed by atoms with E-state index in [-0.39, 0.29) is 12.7 Å². The van der Waals surface area contributed by atoms with Crippen molar-refractivity contribution in [1.82, 2.24) is 10.2 Å². The van der Waals surface area contributed by atoms with E-state index in [1.54, 1.807) is 0 Å². The third-order valence-electron chi connectivity index (χ3n) is 3.41. The predicted molar refractivity (Wildman–Crippen MR) is 70.0 cm³/mol. The number of aliphatic hydroxyl groups is 2. The summed E-state index contributed by atoms with van der Waals surface area (Å²) in [4.78, 5) is 2.33. The molecule has 2 unspecified atom stereocenters. The zero-order valence-electron chi connectivity index (χ0n) is 11.1. The van der Waals surface area contributed by atoms with Crippen LogP contribution in [0, 0.1) is 5.92 Å². The van der Waals surface area contributed by atoms with Gasteiger partial charge in [-0.1, -0.05) is 6.92 Å². The van der Waals surface area contributed by atoms with Crippen LogP contribution in [0.5, 0.6) is 0 Å². The normalized spacial score (nSPS) is 20.6. The largest absolute Gasteiger partial charge is 0.396 e. The van der Waals surface area contributed by atoms with E-state index in [1.807, 2.05) is 0 Å². The summed E-state index contributed by atoms with van der Waals surface area (Å²) >= 11 is 0. The van der Waals surface area contributed by atoms with E-state index in [9.17, 15) is 5.11 Å². The molecule has 2 atom stereocenters. The fraction of sp³-hybridized carbons (Fsp3) is 1.00. The van der Waals surface area contributed by atoms with Gasteiger partial charge in [0.25, 0.3) is 0 Å². The maximum Gasteiger partial charge on any atom is 0.0791 e. The molecule has 0 spiro atoms. The summed E-state index contributed by atoms with van der Waals surface area (Å²) in [5.74, 6) is 0.395. The van der Waals surface area contributed by atoms with Crippen LogP contribution in [0.1, 0.15) is 32.6 Å². The highest BCUT2D eigenvalue weighted by atomic mass is 16.3. The molecule has 0 aromatic rings. The molecule has 0 aromatic carbocycles. The number of β-amino-alcohol motifs (C(OH)–C–C–N with tert-alkyl or cyclic N) is 1. The summed E-state index contributed by atoms with van der Waals surface area (Å²) in [5, 5.41) is 22.0. The summed E-state index contributed by atoms with van der Waals surface area (Å²) < 4.78 is 0. The monoisotopic (exact) mass is 244 g/mol. The van der Waals surface area contributed by atoms with Crippen LogP contribution < -0.4 is 5.32 Å². The van der Waals surface area contributed by atoms with Gasteiger partial charge in [0, 0.05) is 19.7 Å². The lowest BCUT2D eigenvalue weighted by Crippen LogP contribution is -2.37. The van der Waals surface area contributed by atoms with Gasteiger partial charge in [-0.3, -0.25) is 0 Å². The highest BCUT2D eigenvalue weighted by Crippen LogP contribution is 2.07. The molecule has 0 aromatic heterocycles. The molecule has 1 saturated heterocycles. The molecule has 1 aliphatic rings. The molecule has 17 heavy (non-hydrogen) atoms. The van der Waals surface area contributed by atoms with E-state index in [4.69, 9.17) is 5.11 Å². The average molecular weight is 244 g/mol. The number of rotatable bonds is 9. The van der Waals surface area contributed by atoms with Crippen molar-refractivity contribution in [2.45, 2.75) is 38.7 Å². The first-order valence-corrected chi connectivity index (χ1v) is 6.94. The molecule has 0 amide bonds. The molecule has 1 aliphatic heterocycles. The van der Waals surface area contributed by atoms with E-state index in [2.05, 4.69) is 17.1 Å². The molecule has 0 aliphatic carbocycles. The van der Waals surface area contributed by atoms with Crippen molar-refractivity contribution in [3.63, 3.8) is 0 Å². The minimum atomic E-state index is -0.247. The van der Waals surface area contributed by atoms with Crippen LogP contribution in [-0.2, 0) is 0 Å². The molecule has 1 rings (SSSR count). The van der Waals surface area contributed by atoms with Gasteiger partial charge in [0.15, 0.2) is 0 Å². The fourth-order valence-electron chi connectivity index (χ4n) is 2.26. The lowest BCUT2D eigenvalue weighted by molar-refractivity contribution is 0.123. The van der Waals surface area contributed by atoms with Crippen molar-refractivity contribution in [1.29, 1.82) is 0 Å². The molecule has 4 heteroatoms. The van der Waals surface area contributed by atoms with Gasteiger partial charge in [0.2, 0.25) is 0 Å². The van der Waals surface area contributed by atoms with Gasteiger partial charge in [0.05, 0.1) is 6.10 Å². The number of likely N-dealkylation sites (tertiary alicyclic amines) is 1. The fourth-order valence-corrected chi connectivity index (χ4v) is 2.26. The first-order chi connectivity index (χ1) is 8.22. The smallest absolute Gasteiger partial charge is 0.0791 e. The molecule has 102 valence electrons. The van der Waals surface area contributed by atoms with Crippen molar-refractivity contribution in [2.75, 3.05) is 39.3 Å². The van der Waals surface area contributed by atoms with Crippen molar-refractivity contribution in [3.8, 4) is 0 Å². The lowest BCUT2D eigenvalue weighted by atomic mass is 10.1. The Bertz CT molecular complexity index is 184. The van der Waals surface area contributed by atoms with E-state index in [1.165, 1.54) is 12.8 Å². The molecular weight excluding hydrogens is 216 g/mol. The van der Waals surface area contributed by atoms with Gasteiger partial charge in [-0.15, -0.1) is 0 Å². The van der Waals surface area contributed by atoms with Gasteiger partial charge in [-0.05, 0) is 51.2 Å². The minimum absolute atomic E-state index is 0.247. The second-order valence-electron chi connectivity index (χ2n) is 5.30. The van der Waals surface area contributed by atoms with E-state index >= 15 is 0 Å². The maximum atomic E-state index is 9.82. The highest BCUT2D eigenvalue weighted by molar-refractivity contribution is 4.71. The van der Waals surface area contributed by atoms with Crippen molar-refractivity contribution < 1.29 is 10.2 Å². The Morgan fingerprint density at radius 1 is 1.29 bits per heavy atom. The van der Waals surface area contributed by atoms with Gasteiger partial charge >= 0.3 is 0 Å². The highest BCUT2D eigenvalue weighted by Gasteiger charge is 2.15. The second kappa shape index (κ2) is 8.86. The lowest BCUT2D eigenvalue weighted by Gasteiger charge is -2.19. The summed E-state index contributed by atoms with van der Waals surface area (Å²) in [7, 11) is 0. The Morgan fingerprint density at radius 2 is 2.00 bits per heavy atom. The Balaban J connectivity index is 1.91. The van der Waals surface area contributed by atoms with Crippen LogP contribution in [0.4, 0.5) is 0 Å². The number of aliphatic hydroxyl groups excluding tert-OH is 2. The Labute approximate surface area is 105 Å². The van der Waals surface area contributed by atoms with Gasteiger partial charge < -0.3 is 20.4 Å². The Morgan fingerprint density at radius 3 is 2.65 bits per heavy atom. The molecule has 3 N–H and O–H groups in total. The van der Waals surface area contributed by atoms with Crippen molar-refractivity contribution in [2.24, 2.45) is 5.92 Å². The Hall–Kier alpha value is -0.160. The first kappa shape index (κ1) is 14.9. The first-order valence-electron chi connectivity index (χ1n) is 6.94. The molecule has 1 fully saturated rings. The summed E-state index contributed by atoms with van der Waals surface area (Å²) in [6.45, 7) is 7.04. The molecule has 0 radical (unpaired) electrons. The predicted octanol–water partition coefficient (Wildman–Crippen LogP) is 0.441. The van der Waals surface area contributed by atoms with Crippen LogP contribution in [0.3, 0.4) is 0 Å². The summed E-state index contributed by atoms with van der Waals surface area (Å²) in [6.07, 6.45) is 4.42. The molecule has 1 heterocycles. The number of hydrogen-bond donors (Lipinski definition) is 3. The third-order valence-corrected chi connectivity index (χ3v) is 3.41. The van der Waals surface area contributed by atoms with Crippen LogP contribution >= 0.6 is 0 Å². The SMILES string of the molecule is CC(CO)CCCNCC(O)CN1CCCC1. The summed E-state index contributed by atoms with van der Waals surface area (Å²) in [5.41, 5.74) is 0. The number of nitrogens with one attached hydrogen (secondary N) is 1. The quantitative estimate of drug-likeness (QED) is 0.515. The minimum Gasteiger partial charge on any atom is -0.396 e. The van der Waals surface area contributed by atoms with Gasteiger partial charge in [-0.25, -0.2) is 0 Å². The van der Waals surface area contributed by atoms with Crippen LogP contribution in [0.2, 0.25) is 0 Å². The molecule has 0 saturated carbocycles. The second-order valence-corrected chi connectivity index (χ2v) is 5.30. The zero-order chi connectivity index (χ0) is 12.5. The maximum absolute atomic E-state index is 9.82. The van der Waals surface area contributed by atoms with Gasteiger partial charge in [0.1, 0.15) is 0 Å². The molecule has 4 nitrogen and oxygen atoms in total. The number of hydrogen-bond acceptors (Lipinski definition) is 4. The van der Waals surface area contributed by atoms with Crippen LogP contribution in [-0.4, -0.2) is 60.5 Å². The average Bonchev–Trinajstić information content (AvgIpc) is 2.81. The van der Waals surface area contributed by atoms with E-state index in [0.29, 0.717) is 12.5 Å². The van der Waals surface area contributed by atoms with Crippen molar-refractivity contribution in [3.05, 3.63) is 0 Å². The molecule has 0 bridgehead atoms. The van der Waals surface area contributed by atoms with E-state index < -0.39 is 0 Å². The third kappa shape index (κ3) is 6.99. The number of nitrogens with zero attached hydrogens (tertiary/aromatic N) is 1. The zero-order valence-corrected chi connectivity index (χ0v) is 11.1. The Kier molecular flexibility index (Phi) is 7.77. The standard InChI is InChI=1S/C13H28N2O2/c1-12(11-16)5-4-6-14-9-13(17)10-15-7-2-3-8-15/h12-14,16-17H,2-11H2,1H3. The van der Waals surface area contributed by atoms with Crippen LogP contribution in [0.25, 0.3) is 0 Å². The van der Waals surface area contributed by atoms with E-state index in [0.717, 1.165) is 39.0 Å². The molecular formula is C13H28N2O2. The van der Waals surface area contributed by atoms with Gasteiger partial charge in [-0.2, -0.15) is 0 Å². The summed E-state index contributed by atoms with van der Waals surface area (Å²) in [6, 6.07) is 0. The topological polar surface area (TPSA) is 55.7 Å². The van der Waals surface area contributed by atoms with Crippen molar-refractivity contribution >= 4 is 0 Å². The van der Waals surface area contributed by atoms with Crippen LogP contribution in [0.15, 0.2) is 0 Å².